The zero-order valence-electron chi connectivity index (χ0n) is 19.6. The monoisotopic (exact) mass is 504 g/mol. The normalized spacial score (nSPS) is 19.9. The molecule has 1 aliphatic carbocycles. The SMILES string of the molecule is CC(=O)SCC(C)C(=O)N(CC(=O)O)C1CCCC1.CC(CS)C(=O)N1CCCC1C(=O)O. The Hall–Kier alpha value is -1.75. The number of thioether (sulfide) groups is 1. The number of thiol groups is 1. The van der Waals surface area contributed by atoms with Crippen LogP contribution in [0.15, 0.2) is 0 Å². The lowest BCUT2D eigenvalue weighted by atomic mass is 10.1. The van der Waals surface area contributed by atoms with Crippen LogP contribution in [0.3, 0.4) is 0 Å². The van der Waals surface area contributed by atoms with Crippen molar-refractivity contribution in [2.75, 3.05) is 24.6 Å². The predicted molar refractivity (Wildman–Crippen MR) is 129 cm³/mol. The average molecular weight is 505 g/mol. The number of carbonyl (C=O) groups is 5. The highest BCUT2D eigenvalue weighted by atomic mass is 32.2. The first-order valence-corrected chi connectivity index (χ1v) is 12.9. The smallest absolute Gasteiger partial charge is 0.326 e. The van der Waals surface area contributed by atoms with E-state index in [0.29, 0.717) is 24.5 Å². The van der Waals surface area contributed by atoms with E-state index < -0.39 is 18.0 Å². The molecule has 1 saturated heterocycles. The number of amides is 2. The fourth-order valence-corrected chi connectivity index (χ4v) is 4.78. The maximum absolute atomic E-state index is 12.3. The summed E-state index contributed by atoms with van der Waals surface area (Å²) in [6.07, 6.45) is 5.20. The van der Waals surface area contributed by atoms with Crippen LogP contribution < -0.4 is 0 Å². The van der Waals surface area contributed by atoms with Crippen LogP contribution in [0, 0.1) is 11.8 Å². The maximum atomic E-state index is 12.3. The van der Waals surface area contributed by atoms with Gasteiger partial charge in [0.05, 0.1) is 0 Å². The molecular weight excluding hydrogens is 468 g/mol. The van der Waals surface area contributed by atoms with Gasteiger partial charge < -0.3 is 20.0 Å². The molecular formula is C22H36N2O7S2. The molecule has 2 rings (SSSR count). The lowest BCUT2D eigenvalue weighted by Gasteiger charge is -2.29. The minimum absolute atomic E-state index is 0.0229. The fraction of sp³-hybridized carbons (Fsp3) is 0.773. The predicted octanol–water partition coefficient (Wildman–Crippen LogP) is 2.39. The summed E-state index contributed by atoms with van der Waals surface area (Å²) in [7, 11) is 0. The Labute approximate surface area is 205 Å². The number of aliphatic carboxylic acids is 2. The van der Waals surface area contributed by atoms with Gasteiger partial charge >= 0.3 is 11.9 Å². The minimum Gasteiger partial charge on any atom is -0.480 e. The number of carboxylic acid groups (broad SMARTS) is 2. The Morgan fingerprint density at radius 1 is 1.03 bits per heavy atom. The fourth-order valence-electron chi connectivity index (χ4n) is 3.99. The van der Waals surface area contributed by atoms with Gasteiger partial charge in [0, 0.05) is 42.9 Å². The summed E-state index contributed by atoms with van der Waals surface area (Å²) in [5.41, 5.74) is 0. The van der Waals surface area contributed by atoms with Gasteiger partial charge in [-0.1, -0.05) is 38.5 Å². The molecule has 1 heterocycles. The molecule has 9 nitrogen and oxygen atoms in total. The van der Waals surface area contributed by atoms with Crippen molar-refractivity contribution in [3.8, 4) is 0 Å². The van der Waals surface area contributed by atoms with Crippen LogP contribution in [-0.4, -0.2) is 85.6 Å². The standard InChI is InChI=1S/C13H21NO4S.C9H15NO3S/c1-9(8-19-10(2)15)13(18)14(7-12(16)17)11-5-3-4-6-11;1-6(5-14)8(11)10-4-2-3-7(10)9(12)13/h9,11H,3-8H2,1-2H3,(H,16,17);6-7,14H,2-5H2,1H3,(H,12,13). The molecule has 0 bridgehead atoms. The lowest BCUT2D eigenvalue weighted by molar-refractivity contribution is -0.149. The van der Waals surface area contributed by atoms with Gasteiger partial charge in [0.2, 0.25) is 11.8 Å². The molecule has 0 spiro atoms. The highest BCUT2D eigenvalue weighted by molar-refractivity contribution is 8.13. The maximum Gasteiger partial charge on any atom is 0.326 e. The second-order valence-corrected chi connectivity index (χ2v) is 10.2. The molecule has 33 heavy (non-hydrogen) atoms. The molecule has 2 aliphatic rings. The van der Waals surface area contributed by atoms with Gasteiger partial charge in [0.15, 0.2) is 5.12 Å². The lowest BCUT2D eigenvalue weighted by Crippen LogP contribution is -2.45. The van der Waals surface area contributed by atoms with E-state index in [4.69, 9.17) is 10.2 Å². The summed E-state index contributed by atoms with van der Waals surface area (Å²) in [6, 6.07) is -0.571. The van der Waals surface area contributed by atoms with Crippen molar-refractivity contribution in [2.24, 2.45) is 11.8 Å². The average Bonchev–Trinajstić information content (AvgIpc) is 3.46. The van der Waals surface area contributed by atoms with Crippen molar-refractivity contribution in [3.05, 3.63) is 0 Å². The summed E-state index contributed by atoms with van der Waals surface area (Å²) >= 11 is 5.15. The number of hydrogen-bond acceptors (Lipinski definition) is 7. The Kier molecular flexibility index (Phi) is 12.9. The quantitative estimate of drug-likeness (QED) is 0.408. The summed E-state index contributed by atoms with van der Waals surface area (Å²) in [6.45, 7) is 5.31. The molecule has 2 N–H and O–H groups in total. The first-order chi connectivity index (χ1) is 15.5. The molecule has 0 aromatic carbocycles. The zero-order chi connectivity index (χ0) is 25.1. The number of carboxylic acids is 2. The molecule has 2 fully saturated rings. The van der Waals surface area contributed by atoms with Crippen LogP contribution in [0.1, 0.15) is 59.3 Å². The third-order valence-corrected chi connectivity index (χ3v) is 7.45. The third-order valence-electron chi connectivity index (χ3n) is 5.83. The van der Waals surface area contributed by atoms with Crippen molar-refractivity contribution in [3.63, 3.8) is 0 Å². The number of nitrogens with zero attached hydrogens (tertiary/aromatic N) is 2. The largest absolute Gasteiger partial charge is 0.480 e. The van der Waals surface area contributed by atoms with E-state index >= 15 is 0 Å². The number of likely N-dealkylation sites (tertiary alicyclic amines) is 1. The topological polar surface area (TPSA) is 132 Å². The van der Waals surface area contributed by atoms with E-state index in [1.54, 1.807) is 13.8 Å². The third kappa shape index (κ3) is 9.56. The van der Waals surface area contributed by atoms with Crippen molar-refractivity contribution in [2.45, 2.75) is 71.4 Å². The van der Waals surface area contributed by atoms with Crippen molar-refractivity contribution < 1.29 is 34.2 Å². The Bertz CT molecular complexity index is 713. The molecule has 2 amide bonds. The van der Waals surface area contributed by atoms with Crippen LogP contribution in [0.4, 0.5) is 0 Å². The molecule has 3 unspecified atom stereocenters. The van der Waals surface area contributed by atoms with E-state index in [9.17, 15) is 24.0 Å². The molecule has 0 radical (unpaired) electrons. The van der Waals surface area contributed by atoms with E-state index in [1.165, 1.54) is 16.7 Å². The molecule has 1 aliphatic heterocycles. The summed E-state index contributed by atoms with van der Waals surface area (Å²) < 4.78 is 0. The highest BCUT2D eigenvalue weighted by Gasteiger charge is 2.35. The van der Waals surface area contributed by atoms with E-state index in [0.717, 1.165) is 43.9 Å². The summed E-state index contributed by atoms with van der Waals surface area (Å²) in [4.78, 5) is 59.6. The molecule has 0 aromatic heterocycles. The Balaban J connectivity index is 0.000000346. The first-order valence-electron chi connectivity index (χ1n) is 11.3. The number of hydrogen-bond donors (Lipinski definition) is 3. The van der Waals surface area contributed by atoms with Crippen molar-refractivity contribution in [1.82, 2.24) is 9.80 Å². The molecule has 188 valence electrons. The van der Waals surface area contributed by atoms with Crippen molar-refractivity contribution in [1.29, 1.82) is 0 Å². The van der Waals surface area contributed by atoms with Crippen LogP contribution in [0.5, 0.6) is 0 Å². The van der Waals surface area contributed by atoms with E-state index in [-0.39, 0.29) is 41.4 Å². The Morgan fingerprint density at radius 3 is 2.12 bits per heavy atom. The van der Waals surface area contributed by atoms with Crippen LogP contribution in [-0.2, 0) is 24.0 Å². The van der Waals surface area contributed by atoms with E-state index in [1.807, 2.05) is 0 Å². The molecule has 0 aromatic rings. The van der Waals surface area contributed by atoms with Crippen LogP contribution in [0.25, 0.3) is 0 Å². The van der Waals surface area contributed by atoms with Gasteiger partial charge in [-0.2, -0.15) is 12.6 Å². The van der Waals surface area contributed by atoms with Gasteiger partial charge in [-0.15, -0.1) is 0 Å². The summed E-state index contributed by atoms with van der Waals surface area (Å²) in [5.74, 6) is -1.77. The van der Waals surface area contributed by atoms with Gasteiger partial charge in [0.25, 0.3) is 0 Å². The second-order valence-electron chi connectivity index (χ2n) is 8.61. The first kappa shape index (κ1) is 29.3. The second kappa shape index (κ2) is 14.5. The van der Waals surface area contributed by atoms with Gasteiger partial charge in [-0.05, 0) is 25.7 Å². The van der Waals surface area contributed by atoms with Gasteiger partial charge in [-0.3, -0.25) is 19.2 Å². The van der Waals surface area contributed by atoms with E-state index in [2.05, 4.69) is 12.6 Å². The molecule has 3 atom stereocenters. The van der Waals surface area contributed by atoms with Gasteiger partial charge in [-0.25, -0.2) is 4.79 Å². The number of rotatable bonds is 9. The molecule has 11 heteroatoms. The van der Waals surface area contributed by atoms with Crippen LogP contribution in [0.2, 0.25) is 0 Å². The highest BCUT2D eigenvalue weighted by Crippen LogP contribution is 2.25. The number of carbonyl (C=O) groups excluding carboxylic acids is 3. The zero-order valence-corrected chi connectivity index (χ0v) is 21.3. The molecule has 1 saturated carbocycles. The Morgan fingerprint density at radius 2 is 1.64 bits per heavy atom. The summed E-state index contributed by atoms with van der Waals surface area (Å²) in [5, 5.41) is 17.8. The van der Waals surface area contributed by atoms with Gasteiger partial charge in [0.1, 0.15) is 12.6 Å². The van der Waals surface area contributed by atoms with Crippen molar-refractivity contribution >= 4 is 53.3 Å². The van der Waals surface area contributed by atoms with Crippen LogP contribution >= 0.6 is 24.4 Å². The minimum atomic E-state index is -0.980.